The molecule has 1 aromatic carbocycles. The van der Waals surface area contributed by atoms with Gasteiger partial charge in [-0.2, -0.15) is 0 Å². The van der Waals surface area contributed by atoms with Crippen molar-refractivity contribution in [1.29, 1.82) is 0 Å². The summed E-state index contributed by atoms with van der Waals surface area (Å²) < 4.78 is 24.1. The second-order valence-electron chi connectivity index (χ2n) is 4.41. The summed E-state index contributed by atoms with van der Waals surface area (Å²) in [5, 5.41) is 13.0. The number of benzene rings is 1. The number of hydrogen-bond donors (Lipinski definition) is 1. The summed E-state index contributed by atoms with van der Waals surface area (Å²) in [5.74, 6) is 0.128. The van der Waals surface area contributed by atoms with E-state index in [1.165, 1.54) is 12.1 Å². The van der Waals surface area contributed by atoms with Crippen LogP contribution in [-0.2, 0) is 10.0 Å². The van der Waals surface area contributed by atoms with E-state index in [1.807, 2.05) is 24.3 Å². The fraction of sp³-hybridized carbons (Fsp3) is 0.0769. The molecule has 6 nitrogen and oxygen atoms in total. The van der Waals surface area contributed by atoms with Crippen LogP contribution < -0.4 is 5.14 Å². The molecule has 1 aliphatic carbocycles. The number of sulfonamides is 1. The average molecular weight is 288 g/mol. The van der Waals surface area contributed by atoms with Crippen molar-refractivity contribution in [2.24, 2.45) is 5.14 Å². The molecule has 7 heteroatoms. The van der Waals surface area contributed by atoms with E-state index in [4.69, 9.17) is 5.14 Å². The maximum Gasteiger partial charge on any atom is 0.238 e. The minimum atomic E-state index is -3.68. The molecule has 2 aromatic rings. The molecule has 0 unspecified atom stereocenters. The number of aromatic nitrogens is 3. The molecule has 1 aromatic heterocycles. The van der Waals surface area contributed by atoms with Crippen molar-refractivity contribution >= 4 is 10.0 Å². The molecule has 2 N–H and O–H groups in total. The van der Waals surface area contributed by atoms with Crippen LogP contribution in [0.25, 0.3) is 5.69 Å². The smallest absolute Gasteiger partial charge is 0.225 e. The molecule has 0 aliphatic heterocycles. The van der Waals surface area contributed by atoms with Gasteiger partial charge in [0.25, 0.3) is 0 Å². The highest BCUT2D eigenvalue weighted by molar-refractivity contribution is 7.89. The highest BCUT2D eigenvalue weighted by Gasteiger charge is 2.15. The quantitative estimate of drug-likeness (QED) is 0.916. The van der Waals surface area contributed by atoms with Crippen molar-refractivity contribution in [2.45, 2.75) is 10.8 Å². The van der Waals surface area contributed by atoms with Gasteiger partial charge in [-0.1, -0.05) is 29.5 Å². The Balaban J connectivity index is 2.00. The van der Waals surface area contributed by atoms with E-state index >= 15 is 0 Å². The monoisotopic (exact) mass is 288 g/mol. The van der Waals surface area contributed by atoms with E-state index in [0.717, 1.165) is 11.4 Å². The van der Waals surface area contributed by atoms with E-state index in [9.17, 15) is 8.42 Å². The van der Waals surface area contributed by atoms with Crippen molar-refractivity contribution in [1.82, 2.24) is 15.0 Å². The first-order valence-corrected chi connectivity index (χ1v) is 7.49. The van der Waals surface area contributed by atoms with Crippen molar-refractivity contribution in [3.63, 3.8) is 0 Å². The van der Waals surface area contributed by atoms with E-state index in [2.05, 4.69) is 10.3 Å². The Kier molecular flexibility index (Phi) is 3.00. The first-order chi connectivity index (χ1) is 9.55. The van der Waals surface area contributed by atoms with Crippen LogP contribution in [0.2, 0.25) is 0 Å². The first kappa shape index (κ1) is 12.8. The predicted octanol–water partition coefficient (Wildman–Crippen LogP) is 1.12. The van der Waals surface area contributed by atoms with Crippen molar-refractivity contribution in [3.8, 4) is 5.69 Å². The van der Waals surface area contributed by atoms with Gasteiger partial charge in [-0.05, 0) is 24.3 Å². The van der Waals surface area contributed by atoms with Crippen LogP contribution >= 0.6 is 0 Å². The summed E-state index contributed by atoms with van der Waals surface area (Å²) in [7, 11) is -3.68. The van der Waals surface area contributed by atoms with E-state index in [0.29, 0.717) is 0 Å². The summed E-state index contributed by atoms with van der Waals surface area (Å²) in [5.41, 5.74) is 1.65. The molecule has 0 bridgehead atoms. The van der Waals surface area contributed by atoms with E-state index in [-0.39, 0.29) is 10.8 Å². The molecule has 0 saturated heterocycles. The number of rotatable bonds is 3. The van der Waals surface area contributed by atoms with Gasteiger partial charge in [0.05, 0.1) is 22.5 Å². The second kappa shape index (κ2) is 4.69. The molecule has 3 rings (SSSR count). The normalized spacial score (nSPS) is 15.1. The Morgan fingerprint density at radius 1 is 1.10 bits per heavy atom. The summed E-state index contributed by atoms with van der Waals surface area (Å²) in [6.45, 7) is 0. The third kappa shape index (κ3) is 2.28. The van der Waals surface area contributed by atoms with Crippen LogP contribution in [0, 0.1) is 0 Å². The summed E-state index contributed by atoms with van der Waals surface area (Å²) in [6.07, 6.45) is 9.69. The van der Waals surface area contributed by atoms with Gasteiger partial charge in [-0.25, -0.2) is 18.2 Å². The SMILES string of the molecule is NS(=O)(=O)c1ccc(-n2nncc2C2C=CC=C2)cc1. The zero-order chi connectivity index (χ0) is 14.2. The summed E-state index contributed by atoms with van der Waals surface area (Å²) >= 11 is 0. The van der Waals surface area contributed by atoms with Gasteiger partial charge in [0.1, 0.15) is 0 Å². The highest BCUT2D eigenvalue weighted by atomic mass is 32.2. The molecule has 0 spiro atoms. The largest absolute Gasteiger partial charge is 0.238 e. The Hall–Kier alpha value is -2.25. The molecule has 1 heterocycles. The Bertz CT molecular complexity index is 776. The van der Waals surface area contributed by atoms with E-state index < -0.39 is 10.0 Å². The molecule has 102 valence electrons. The first-order valence-electron chi connectivity index (χ1n) is 5.94. The van der Waals surface area contributed by atoms with Crippen LogP contribution in [0.5, 0.6) is 0 Å². The third-order valence-electron chi connectivity index (χ3n) is 3.08. The van der Waals surface area contributed by atoms with Gasteiger partial charge < -0.3 is 0 Å². The van der Waals surface area contributed by atoms with Crippen LogP contribution in [0.15, 0.2) is 59.7 Å². The van der Waals surface area contributed by atoms with Crippen LogP contribution in [-0.4, -0.2) is 23.4 Å². The number of primary sulfonamides is 1. The molecule has 20 heavy (non-hydrogen) atoms. The number of allylic oxidation sites excluding steroid dienone is 4. The molecular weight excluding hydrogens is 276 g/mol. The van der Waals surface area contributed by atoms with Crippen molar-refractivity contribution < 1.29 is 8.42 Å². The number of nitrogens with two attached hydrogens (primary N) is 1. The topological polar surface area (TPSA) is 90.9 Å². The fourth-order valence-electron chi connectivity index (χ4n) is 2.08. The standard InChI is InChI=1S/C13H12N4O2S/c14-20(18,19)12-7-5-11(6-8-12)17-13(9-15-16-17)10-3-1-2-4-10/h1-10H,(H2,14,18,19). The lowest BCUT2D eigenvalue weighted by atomic mass is 10.1. The number of hydrogen-bond acceptors (Lipinski definition) is 4. The van der Waals surface area contributed by atoms with Crippen LogP contribution in [0.1, 0.15) is 11.6 Å². The zero-order valence-electron chi connectivity index (χ0n) is 10.4. The second-order valence-corrected chi connectivity index (χ2v) is 5.97. The lowest BCUT2D eigenvalue weighted by Gasteiger charge is -2.09. The maximum absolute atomic E-state index is 11.2. The molecule has 0 amide bonds. The van der Waals surface area contributed by atoms with Gasteiger partial charge in [0.2, 0.25) is 10.0 Å². The molecule has 0 saturated carbocycles. The minimum absolute atomic E-state index is 0.0728. The Morgan fingerprint density at radius 2 is 1.75 bits per heavy atom. The van der Waals surface area contributed by atoms with Gasteiger partial charge in [0.15, 0.2) is 0 Å². The van der Waals surface area contributed by atoms with E-state index in [1.54, 1.807) is 23.0 Å². The predicted molar refractivity (Wildman–Crippen MR) is 73.8 cm³/mol. The zero-order valence-corrected chi connectivity index (χ0v) is 11.2. The lowest BCUT2D eigenvalue weighted by Crippen LogP contribution is -2.12. The number of nitrogens with zero attached hydrogens (tertiary/aromatic N) is 3. The Labute approximate surface area is 116 Å². The lowest BCUT2D eigenvalue weighted by molar-refractivity contribution is 0.597. The van der Waals surface area contributed by atoms with Crippen molar-refractivity contribution in [2.75, 3.05) is 0 Å². The van der Waals surface area contributed by atoms with Gasteiger partial charge >= 0.3 is 0 Å². The summed E-state index contributed by atoms with van der Waals surface area (Å²) in [4.78, 5) is 0.0728. The van der Waals surface area contributed by atoms with Crippen LogP contribution in [0.4, 0.5) is 0 Å². The summed E-state index contributed by atoms with van der Waals surface area (Å²) in [6, 6.07) is 6.22. The minimum Gasteiger partial charge on any atom is -0.225 e. The van der Waals surface area contributed by atoms with Gasteiger partial charge in [0, 0.05) is 5.92 Å². The molecule has 0 fully saturated rings. The maximum atomic E-state index is 11.2. The molecule has 0 atom stereocenters. The average Bonchev–Trinajstić information content (AvgIpc) is 3.08. The fourth-order valence-corrected chi connectivity index (χ4v) is 2.59. The van der Waals surface area contributed by atoms with Gasteiger partial charge in [-0.3, -0.25) is 0 Å². The van der Waals surface area contributed by atoms with Gasteiger partial charge in [-0.15, -0.1) is 5.10 Å². The van der Waals surface area contributed by atoms with Crippen LogP contribution in [0.3, 0.4) is 0 Å². The molecule has 1 aliphatic rings. The third-order valence-corrected chi connectivity index (χ3v) is 4.00. The molecule has 0 radical (unpaired) electrons. The molecular formula is C13H12N4O2S. The Morgan fingerprint density at radius 3 is 2.35 bits per heavy atom. The highest BCUT2D eigenvalue weighted by Crippen LogP contribution is 2.24. The van der Waals surface area contributed by atoms with Crippen molar-refractivity contribution in [3.05, 3.63) is 60.5 Å².